The van der Waals surface area contributed by atoms with Crippen LogP contribution in [-0.4, -0.2) is 24.2 Å². The van der Waals surface area contributed by atoms with Crippen LogP contribution >= 0.6 is 0 Å². The Morgan fingerprint density at radius 2 is 1.81 bits per heavy atom. The third-order valence-electron chi connectivity index (χ3n) is 3.21. The summed E-state index contributed by atoms with van der Waals surface area (Å²) in [7, 11) is 1.30. The summed E-state index contributed by atoms with van der Waals surface area (Å²) in [5, 5.41) is 12.5. The van der Waals surface area contributed by atoms with Gasteiger partial charge in [0, 0.05) is 12.8 Å². The van der Waals surface area contributed by atoms with Crippen molar-refractivity contribution in [2.45, 2.75) is 19.3 Å². The van der Waals surface area contributed by atoms with Gasteiger partial charge in [-0.2, -0.15) is 5.06 Å². The number of nitrogens with zero attached hydrogens (tertiary/aromatic N) is 1. The van der Waals surface area contributed by atoms with Gasteiger partial charge in [-0.15, -0.1) is 0 Å². The van der Waals surface area contributed by atoms with E-state index in [2.05, 4.69) is 4.74 Å². The number of carbonyl (C=O) groups excluding carboxylic acids is 2. The van der Waals surface area contributed by atoms with Crippen LogP contribution in [0.4, 0.5) is 5.69 Å². The Morgan fingerprint density at radius 1 is 1.10 bits per heavy atom. The van der Waals surface area contributed by atoms with Gasteiger partial charge in [-0.25, -0.2) is 0 Å². The molecular formula is C16H17NO4. The molecule has 0 spiro atoms. The molecule has 0 unspecified atom stereocenters. The van der Waals surface area contributed by atoms with Crippen molar-refractivity contribution in [3.05, 3.63) is 42.5 Å². The van der Waals surface area contributed by atoms with Crippen molar-refractivity contribution in [1.82, 2.24) is 0 Å². The normalized spacial score (nSPS) is 10.4. The van der Waals surface area contributed by atoms with Crippen molar-refractivity contribution in [2.24, 2.45) is 0 Å². The molecule has 0 heterocycles. The van der Waals surface area contributed by atoms with Crippen LogP contribution in [0.5, 0.6) is 0 Å². The van der Waals surface area contributed by atoms with Gasteiger partial charge in [-0.3, -0.25) is 14.8 Å². The first-order valence-electron chi connectivity index (χ1n) is 6.69. The maximum Gasteiger partial charge on any atom is 0.305 e. The van der Waals surface area contributed by atoms with Crippen LogP contribution in [0.2, 0.25) is 0 Å². The lowest BCUT2D eigenvalue weighted by molar-refractivity contribution is -0.140. The Balaban J connectivity index is 2.01. The highest BCUT2D eigenvalue weighted by molar-refractivity contribution is 5.94. The minimum atomic E-state index is -0.450. The quantitative estimate of drug-likeness (QED) is 0.521. The summed E-state index contributed by atoms with van der Waals surface area (Å²) in [5.41, 5.74) is 0.414. The van der Waals surface area contributed by atoms with Gasteiger partial charge in [0.15, 0.2) is 0 Å². The fourth-order valence-corrected chi connectivity index (χ4v) is 2.04. The number of carbonyl (C=O) groups is 2. The van der Waals surface area contributed by atoms with Gasteiger partial charge >= 0.3 is 5.97 Å². The Labute approximate surface area is 122 Å². The number of hydrogen-bond acceptors (Lipinski definition) is 4. The fraction of sp³-hybridized carbons (Fsp3) is 0.250. The molecule has 2 aromatic rings. The average Bonchev–Trinajstić information content (AvgIpc) is 2.53. The van der Waals surface area contributed by atoms with Crippen molar-refractivity contribution >= 4 is 28.3 Å². The van der Waals surface area contributed by atoms with Crippen LogP contribution in [-0.2, 0) is 14.3 Å². The molecule has 0 saturated carbocycles. The molecule has 0 saturated heterocycles. The van der Waals surface area contributed by atoms with Crippen molar-refractivity contribution in [2.75, 3.05) is 12.2 Å². The van der Waals surface area contributed by atoms with Gasteiger partial charge in [-0.05, 0) is 29.3 Å². The van der Waals surface area contributed by atoms with E-state index in [1.807, 2.05) is 30.3 Å². The van der Waals surface area contributed by atoms with E-state index in [4.69, 9.17) is 0 Å². The van der Waals surface area contributed by atoms with Crippen LogP contribution in [0, 0.1) is 0 Å². The molecule has 2 aromatic carbocycles. The summed E-state index contributed by atoms with van der Waals surface area (Å²) >= 11 is 0. The molecule has 5 heteroatoms. The summed E-state index contributed by atoms with van der Waals surface area (Å²) < 4.78 is 4.50. The molecule has 0 fully saturated rings. The summed E-state index contributed by atoms with van der Waals surface area (Å²) in [6, 6.07) is 13.0. The van der Waals surface area contributed by atoms with E-state index in [1.54, 1.807) is 12.1 Å². The average molecular weight is 287 g/mol. The molecule has 0 radical (unpaired) electrons. The zero-order chi connectivity index (χ0) is 15.2. The third-order valence-corrected chi connectivity index (χ3v) is 3.21. The largest absolute Gasteiger partial charge is 0.469 e. The second-order valence-corrected chi connectivity index (χ2v) is 4.67. The Hall–Kier alpha value is -2.40. The number of hydroxylamine groups is 1. The van der Waals surface area contributed by atoms with Crippen molar-refractivity contribution in [1.29, 1.82) is 0 Å². The lowest BCUT2D eigenvalue weighted by Crippen LogP contribution is -2.26. The molecule has 0 aliphatic heterocycles. The lowest BCUT2D eigenvalue weighted by atomic mass is 10.1. The molecule has 0 aromatic heterocycles. The molecule has 110 valence electrons. The van der Waals surface area contributed by atoms with Crippen LogP contribution in [0.3, 0.4) is 0 Å². The van der Waals surface area contributed by atoms with Crippen LogP contribution < -0.4 is 5.06 Å². The minimum absolute atomic E-state index is 0.0818. The van der Waals surface area contributed by atoms with E-state index in [0.29, 0.717) is 17.2 Å². The number of amides is 1. The SMILES string of the molecule is COC(=O)CCCC(=O)N(O)c1ccc2ccccc2c1. The summed E-state index contributed by atoms with van der Waals surface area (Å²) in [4.78, 5) is 22.8. The van der Waals surface area contributed by atoms with E-state index in [0.717, 1.165) is 10.8 Å². The van der Waals surface area contributed by atoms with Gasteiger partial charge in [0.2, 0.25) is 0 Å². The smallest absolute Gasteiger partial charge is 0.305 e. The Kier molecular flexibility index (Phi) is 4.90. The molecule has 21 heavy (non-hydrogen) atoms. The number of hydrogen-bond donors (Lipinski definition) is 1. The Morgan fingerprint density at radius 3 is 2.52 bits per heavy atom. The van der Waals surface area contributed by atoms with Gasteiger partial charge < -0.3 is 4.74 Å². The monoisotopic (exact) mass is 287 g/mol. The molecule has 2 rings (SSSR count). The highest BCUT2D eigenvalue weighted by atomic mass is 16.5. The van der Waals surface area contributed by atoms with Crippen LogP contribution in [0.15, 0.2) is 42.5 Å². The number of benzene rings is 2. The second kappa shape index (κ2) is 6.85. The van der Waals surface area contributed by atoms with Crippen molar-refractivity contribution in [3.63, 3.8) is 0 Å². The van der Waals surface area contributed by atoms with Crippen molar-refractivity contribution in [3.8, 4) is 0 Å². The predicted octanol–water partition coefficient (Wildman–Crippen LogP) is 2.91. The molecule has 0 aliphatic carbocycles. The standard InChI is InChI=1S/C16H17NO4/c1-21-16(19)8-4-7-15(18)17(20)14-10-9-12-5-2-3-6-13(12)11-14/h2-3,5-6,9-11,20H,4,7-8H2,1H3. The number of methoxy groups -OCH3 is 1. The molecule has 0 bridgehead atoms. The number of ether oxygens (including phenoxy) is 1. The van der Waals surface area contributed by atoms with Gasteiger partial charge in [-0.1, -0.05) is 30.3 Å². The molecule has 5 nitrogen and oxygen atoms in total. The van der Waals surface area contributed by atoms with Gasteiger partial charge in [0.1, 0.15) is 0 Å². The molecule has 0 atom stereocenters. The van der Waals surface area contributed by atoms with Gasteiger partial charge in [0.25, 0.3) is 5.91 Å². The third kappa shape index (κ3) is 3.79. The minimum Gasteiger partial charge on any atom is -0.469 e. The lowest BCUT2D eigenvalue weighted by Gasteiger charge is -2.15. The number of fused-ring (bicyclic) bond motifs is 1. The maximum absolute atomic E-state index is 11.9. The molecular weight excluding hydrogens is 270 g/mol. The first-order chi connectivity index (χ1) is 10.1. The zero-order valence-electron chi connectivity index (χ0n) is 11.8. The number of rotatable bonds is 5. The highest BCUT2D eigenvalue weighted by Gasteiger charge is 2.14. The molecule has 1 N–H and O–H groups in total. The number of anilines is 1. The van der Waals surface area contributed by atoms with Crippen LogP contribution in [0.1, 0.15) is 19.3 Å². The first-order valence-corrected chi connectivity index (χ1v) is 6.69. The zero-order valence-corrected chi connectivity index (χ0v) is 11.8. The van der Waals surface area contributed by atoms with Crippen LogP contribution in [0.25, 0.3) is 10.8 Å². The summed E-state index contributed by atoms with van der Waals surface area (Å²) in [5.74, 6) is -0.813. The fourth-order valence-electron chi connectivity index (χ4n) is 2.04. The Bertz CT molecular complexity index is 654. The summed E-state index contributed by atoms with van der Waals surface area (Å²) in [6.07, 6.45) is 0.586. The van der Waals surface area contributed by atoms with E-state index in [1.165, 1.54) is 7.11 Å². The highest BCUT2D eigenvalue weighted by Crippen LogP contribution is 2.21. The predicted molar refractivity (Wildman–Crippen MR) is 79.1 cm³/mol. The van der Waals surface area contributed by atoms with Crippen molar-refractivity contribution < 1.29 is 19.5 Å². The van der Waals surface area contributed by atoms with E-state index in [9.17, 15) is 14.8 Å². The van der Waals surface area contributed by atoms with E-state index >= 15 is 0 Å². The number of esters is 1. The molecule has 1 amide bonds. The first kappa shape index (κ1) is 15.0. The summed E-state index contributed by atoms with van der Waals surface area (Å²) in [6.45, 7) is 0. The van der Waals surface area contributed by atoms with Gasteiger partial charge in [0.05, 0.1) is 12.8 Å². The van der Waals surface area contributed by atoms with E-state index in [-0.39, 0.29) is 18.8 Å². The van der Waals surface area contributed by atoms with E-state index < -0.39 is 5.91 Å². The molecule has 0 aliphatic rings. The topological polar surface area (TPSA) is 66.8 Å². The second-order valence-electron chi connectivity index (χ2n) is 4.67. The maximum atomic E-state index is 11.9.